The van der Waals surface area contributed by atoms with Crippen molar-refractivity contribution < 1.29 is 34.3 Å². The van der Waals surface area contributed by atoms with Gasteiger partial charge in [0.05, 0.1) is 6.10 Å². The number of allylic oxidation sites excluding steroid dienone is 1. The van der Waals surface area contributed by atoms with E-state index in [4.69, 9.17) is 14.2 Å². The van der Waals surface area contributed by atoms with Gasteiger partial charge in [-0.3, -0.25) is 4.79 Å². The molecule has 0 spiro atoms. The van der Waals surface area contributed by atoms with Gasteiger partial charge in [-0.15, -0.1) is 0 Å². The fourth-order valence-electron chi connectivity index (χ4n) is 13.5. The smallest absolute Gasteiger partial charge is 0.305 e. The highest BCUT2D eigenvalue weighted by atomic mass is 16.7. The van der Waals surface area contributed by atoms with Crippen molar-refractivity contribution in [3.05, 3.63) is 11.6 Å². The Hall–Kier alpha value is -0.990. The van der Waals surface area contributed by atoms with Crippen LogP contribution in [0.1, 0.15) is 234 Å². The summed E-state index contributed by atoms with van der Waals surface area (Å²) in [6.07, 6.45) is 33.4. The van der Waals surface area contributed by atoms with Crippen LogP contribution in [0.5, 0.6) is 0 Å². The molecule has 3 saturated carbocycles. The van der Waals surface area contributed by atoms with Gasteiger partial charge in [-0.25, -0.2) is 0 Å². The summed E-state index contributed by atoms with van der Waals surface area (Å²) in [6, 6.07) is 0. The van der Waals surface area contributed by atoms with Gasteiger partial charge in [0.25, 0.3) is 0 Å². The third-order valence-electron chi connectivity index (χ3n) is 17.4. The van der Waals surface area contributed by atoms with Gasteiger partial charge in [0, 0.05) is 6.42 Å². The lowest BCUT2D eigenvalue weighted by atomic mass is 9.47. The molecule has 0 radical (unpaired) electrons. The van der Waals surface area contributed by atoms with Crippen molar-refractivity contribution in [1.29, 1.82) is 0 Å². The van der Waals surface area contributed by atoms with Gasteiger partial charge in [-0.1, -0.05) is 182 Å². The van der Waals surface area contributed by atoms with Crippen LogP contribution in [0, 0.1) is 46.3 Å². The van der Waals surface area contributed by atoms with Crippen molar-refractivity contribution in [2.24, 2.45) is 46.3 Å². The second kappa shape index (κ2) is 25.6. The number of hydrogen-bond acceptors (Lipinski definition) is 7. The molecule has 5 aliphatic rings. The van der Waals surface area contributed by atoms with Gasteiger partial charge < -0.3 is 29.5 Å². The van der Waals surface area contributed by atoms with Crippen LogP contribution in [-0.2, 0) is 19.0 Å². The topological polar surface area (TPSA) is 105 Å². The highest BCUT2D eigenvalue weighted by molar-refractivity contribution is 5.69. The quantitative estimate of drug-likeness (QED) is 0.0409. The molecule has 61 heavy (non-hydrogen) atoms. The molecular weight excluding hydrogens is 761 g/mol. The average Bonchev–Trinajstić information content (AvgIpc) is 3.60. The van der Waals surface area contributed by atoms with Crippen LogP contribution in [0.3, 0.4) is 0 Å². The third kappa shape index (κ3) is 14.3. The monoisotopic (exact) mass is 857 g/mol. The van der Waals surface area contributed by atoms with Gasteiger partial charge in [0.2, 0.25) is 0 Å². The SMILES string of the molecule is CCCCCCCCCCCCCCCCCCCCC(=O)OCC1OC(OC2CCC3(C)C(=CCC4C3CCC3(C)C(C(C)CCCC(C)C)CCC43)C2)C(O)C(O)C1O. The summed E-state index contributed by atoms with van der Waals surface area (Å²) in [5.74, 6) is 4.45. The van der Waals surface area contributed by atoms with E-state index < -0.39 is 30.7 Å². The minimum atomic E-state index is -1.44. The van der Waals surface area contributed by atoms with Crippen LogP contribution in [-0.4, -0.2) is 64.7 Å². The summed E-state index contributed by atoms with van der Waals surface area (Å²) in [6.45, 7) is 14.6. The first-order valence-electron chi connectivity index (χ1n) is 26.6. The minimum absolute atomic E-state index is 0.137. The van der Waals surface area contributed by atoms with Gasteiger partial charge in [0.1, 0.15) is 31.0 Å². The van der Waals surface area contributed by atoms with Crippen LogP contribution < -0.4 is 0 Å². The fraction of sp³-hybridized carbons (Fsp3) is 0.944. The Kier molecular flexibility index (Phi) is 21.4. The maximum absolute atomic E-state index is 12.6. The van der Waals surface area contributed by atoms with Crippen molar-refractivity contribution >= 4 is 5.97 Å². The number of fused-ring (bicyclic) bond motifs is 5. The van der Waals surface area contributed by atoms with Gasteiger partial charge >= 0.3 is 5.97 Å². The molecule has 1 heterocycles. The van der Waals surface area contributed by atoms with Crippen molar-refractivity contribution in [3.63, 3.8) is 0 Å². The summed E-state index contributed by atoms with van der Waals surface area (Å²) in [7, 11) is 0. The lowest BCUT2D eigenvalue weighted by Crippen LogP contribution is -2.60. The summed E-state index contributed by atoms with van der Waals surface area (Å²) >= 11 is 0. The molecule has 13 atom stereocenters. The van der Waals surface area contributed by atoms with Crippen LogP contribution in [0.2, 0.25) is 0 Å². The summed E-state index contributed by atoms with van der Waals surface area (Å²) in [4.78, 5) is 12.6. The molecule has 1 saturated heterocycles. The largest absolute Gasteiger partial charge is 0.463 e. The molecule has 354 valence electrons. The standard InChI is InChI=1S/C54H96O7/c1-7-8-9-10-11-12-13-14-15-16-17-18-19-20-21-22-23-24-28-48(55)59-38-47-49(56)50(57)51(58)52(61-47)60-42-33-35-53(5)41(37-42)29-30-43-45-32-31-44(40(4)27-25-26-39(2)3)54(45,6)36-34-46(43)53/h29,39-40,42-47,49-52,56-58H,7-28,30-38H2,1-6H3. The molecular formula is C54H96O7. The molecule has 7 nitrogen and oxygen atoms in total. The van der Waals surface area contributed by atoms with Crippen molar-refractivity contribution in [2.75, 3.05) is 6.61 Å². The number of unbranched alkanes of at least 4 members (excludes halogenated alkanes) is 17. The Morgan fingerprint density at radius 2 is 1.33 bits per heavy atom. The molecule has 0 amide bonds. The van der Waals surface area contributed by atoms with E-state index in [0.29, 0.717) is 17.8 Å². The maximum Gasteiger partial charge on any atom is 0.305 e. The molecule has 7 heteroatoms. The zero-order valence-corrected chi connectivity index (χ0v) is 40.4. The summed E-state index contributed by atoms with van der Waals surface area (Å²) < 4.78 is 18.1. The molecule has 0 aromatic heterocycles. The Balaban J connectivity index is 0.961. The fourth-order valence-corrected chi connectivity index (χ4v) is 13.5. The maximum atomic E-state index is 12.6. The average molecular weight is 857 g/mol. The number of rotatable bonds is 28. The van der Waals surface area contributed by atoms with E-state index in [2.05, 4.69) is 47.6 Å². The predicted octanol–water partition coefficient (Wildman–Crippen LogP) is 13.2. The van der Waals surface area contributed by atoms with Crippen molar-refractivity contribution in [3.8, 4) is 0 Å². The number of aliphatic hydroxyl groups is 3. The van der Waals surface area contributed by atoms with Crippen LogP contribution in [0.25, 0.3) is 0 Å². The van der Waals surface area contributed by atoms with Crippen LogP contribution in [0.4, 0.5) is 0 Å². The van der Waals surface area contributed by atoms with E-state index in [-0.39, 0.29) is 24.1 Å². The number of esters is 1. The number of aliphatic hydroxyl groups excluding tert-OH is 3. The molecule has 13 unspecified atom stereocenters. The van der Waals surface area contributed by atoms with E-state index in [0.717, 1.165) is 74.5 Å². The zero-order valence-electron chi connectivity index (χ0n) is 40.4. The molecule has 0 aromatic rings. The zero-order chi connectivity index (χ0) is 43.8. The van der Waals surface area contributed by atoms with Crippen LogP contribution in [0.15, 0.2) is 11.6 Å². The van der Waals surface area contributed by atoms with E-state index in [1.165, 1.54) is 147 Å². The second-order valence-corrected chi connectivity index (χ2v) is 22.2. The Morgan fingerprint density at radius 1 is 0.721 bits per heavy atom. The first-order valence-corrected chi connectivity index (χ1v) is 26.6. The molecule has 3 N–H and O–H groups in total. The number of carbonyl (C=O) groups excluding carboxylic acids is 1. The van der Waals surface area contributed by atoms with Crippen LogP contribution >= 0.6 is 0 Å². The van der Waals surface area contributed by atoms with Gasteiger partial charge in [-0.05, 0) is 104 Å². The molecule has 5 rings (SSSR count). The third-order valence-corrected chi connectivity index (χ3v) is 17.4. The molecule has 4 aliphatic carbocycles. The highest BCUT2D eigenvalue weighted by Gasteiger charge is 2.59. The van der Waals surface area contributed by atoms with Crippen molar-refractivity contribution in [2.45, 2.75) is 271 Å². The minimum Gasteiger partial charge on any atom is -0.463 e. The number of hydrogen-bond donors (Lipinski definition) is 3. The normalized spacial score (nSPS) is 35.3. The van der Waals surface area contributed by atoms with E-state index in [1.54, 1.807) is 0 Å². The van der Waals surface area contributed by atoms with E-state index in [9.17, 15) is 20.1 Å². The Bertz CT molecular complexity index is 1280. The Labute approximate surface area is 374 Å². The lowest BCUT2D eigenvalue weighted by Gasteiger charge is -2.58. The summed E-state index contributed by atoms with van der Waals surface area (Å²) in [5.41, 5.74) is 2.15. The predicted molar refractivity (Wildman–Crippen MR) is 249 cm³/mol. The Morgan fingerprint density at radius 3 is 1.93 bits per heavy atom. The lowest BCUT2D eigenvalue weighted by molar-refractivity contribution is -0.313. The van der Waals surface area contributed by atoms with E-state index in [1.807, 2.05) is 0 Å². The molecule has 4 fully saturated rings. The second-order valence-electron chi connectivity index (χ2n) is 22.2. The number of carbonyl (C=O) groups is 1. The molecule has 0 aromatic carbocycles. The molecule has 1 aliphatic heterocycles. The highest BCUT2D eigenvalue weighted by Crippen LogP contribution is 2.67. The van der Waals surface area contributed by atoms with Gasteiger partial charge in [-0.2, -0.15) is 0 Å². The van der Waals surface area contributed by atoms with Crippen molar-refractivity contribution in [1.82, 2.24) is 0 Å². The molecule has 0 bridgehead atoms. The van der Waals surface area contributed by atoms with E-state index >= 15 is 0 Å². The first-order chi connectivity index (χ1) is 29.4. The summed E-state index contributed by atoms with van der Waals surface area (Å²) in [5, 5.41) is 32.5. The van der Waals surface area contributed by atoms with Gasteiger partial charge in [0.15, 0.2) is 6.29 Å². The first kappa shape index (κ1) is 51.0. The number of ether oxygens (including phenoxy) is 3.